The Labute approximate surface area is 98.8 Å². The summed E-state index contributed by atoms with van der Waals surface area (Å²) in [5, 5.41) is 14.8. The molecule has 0 saturated carbocycles. The zero-order valence-electron chi connectivity index (χ0n) is 9.37. The molecule has 1 heterocycles. The van der Waals surface area contributed by atoms with Gasteiger partial charge in [0.05, 0.1) is 6.04 Å². The third-order valence-corrected chi connectivity index (χ3v) is 2.84. The topological polar surface area (TPSA) is 61.4 Å². The highest BCUT2D eigenvalue weighted by atomic mass is 19.1. The van der Waals surface area contributed by atoms with Crippen molar-refractivity contribution in [3.05, 3.63) is 24.0 Å². The molecule has 0 aliphatic carbocycles. The van der Waals surface area contributed by atoms with Crippen LogP contribution in [0, 0.1) is 5.82 Å². The Kier molecular flexibility index (Phi) is 3.58. The van der Waals surface area contributed by atoms with Gasteiger partial charge in [-0.2, -0.15) is 0 Å². The molecule has 0 unspecified atom stereocenters. The van der Waals surface area contributed by atoms with E-state index in [1.807, 2.05) is 0 Å². The van der Waals surface area contributed by atoms with Gasteiger partial charge in [-0.1, -0.05) is 6.42 Å². The van der Waals surface area contributed by atoms with Crippen molar-refractivity contribution in [3.8, 4) is 5.75 Å². The second-order valence-electron chi connectivity index (χ2n) is 4.16. The van der Waals surface area contributed by atoms with E-state index in [2.05, 4.69) is 10.6 Å². The van der Waals surface area contributed by atoms with Crippen LogP contribution in [0.1, 0.15) is 19.3 Å². The van der Waals surface area contributed by atoms with Gasteiger partial charge in [-0.15, -0.1) is 0 Å². The molecule has 1 atom stereocenters. The number of amides is 1. The predicted molar refractivity (Wildman–Crippen MR) is 62.3 cm³/mol. The lowest BCUT2D eigenvalue weighted by molar-refractivity contribution is -0.118. The number of piperidine rings is 1. The number of phenolic OH excluding ortho intramolecular Hbond substituents is 1. The van der Waals surface area contributed by atoms with Crippen LogP contribution in [0.15, 0.2) is 18.2 Å². The first-order valence-electron chi connectivity index (χ1n) is 5.69. The standard InChI is InChI=1S/C12H15FN2O2/c13-9-7-8(4-5-11(9)16)15-12(17)10-3-1-2-6-14-10/h4-5,7,10,14,16H,1-3,6H2,(H,15,17)/t10-/m1/s1. The number of carbonyl (C=O) groups is 1. The van der Waals surface area contributed by atoms with Gasteiger partial charge in [0.1, 0.15) is 0 Å². The van der Waals surface area contributed by atoms with E-state index in [1.165, 1.54) is 12.1 Å². The van der Waals surface area contributed by atoms with Crippen molar-refractivity contribution >= 4 is 11.6 Å². The molecule has 1 aliphatic rings. The number of anilines is 1. The van der Waals surface area contributed by atoms with Crippen LogP contribution in [0.5, 0.6) is 5.75 Å². The largest absolute Gasteiger partial charge is 0.505 e. The zero-order chi connectivity index (χ0) is 12.3. The van der Waals surface area contributed by atoms with E-state index < -0.39 is 11.6 Å². The van der Waals surface area contributed by atoms with Gasteiger partial charge in [0, 0.05) is 11.8 Å². The van der Waals surface area contributed by atoms with Gasteiger partial charge >= 0.3 is 0 Å². The fourth-order valence-electron chi connectivity index (χ4n) is 1.89. The first kappa shape index (κ1) is 11.9. The minimum atomic E-state index is -0.737. The molecule has 0 radical (unpaired) electrons. The number of halogens is 1. The molecule has 4 nitrogen and oxygen atoms in total. The highest BCUT2D eigenvalue weighted by molar-refractivity contribution is 5.94. The van der Waals surface area contributed by atoms with Crippen LogP contribution < -0.4 is 10.6 Å². The normalized spacial score (nSPS) is 19.9. The maximum absolute atomic E-state index is 13.1. The SMILES string of the molecule is O=C(Nc1ccc(O)c(F)c1)[C@H]1CCCCN1. The summed E-state index contributed by atoms with van der Waals surface area (Å²) < 4.78 is 13.1. The highest BCUT2D eigenvalue weighted by Crippen LogP contribution is 2.20. The molecule has 1 fully saturated rings. The Hall–Kier alpha value is -1.62. The van der Waals surface area contributed by atoms with E-state index in [0.29, 0.717) is 5.69 Å². The van der Waals surface area contributed by atoms with Crippen molar-refractivity contribution in [2.75, 3.05) is 11.9 Å². The van der Waals surface area contributed by atoms with Crippen LogP contribution >= 0.6 is 0 Å². The molecular weight excluding hydrogens is 223 g/mol. The number of phenols is 1. The van der Waals surface area contributed by atoms with Crippen molar-refractivity contribution in [1.82, 2.24) is 5.32 Å². The third kappa shape index (κ3) is 2.94. The highest BCUT2D eigenvalue weighted by Gasteiger charge is 2.20. The van der Waals surface area contributed by atoms with Crippen LogP contribution in [-0.4, -0.2) is 23.6 Å². The fraction of sp³-hybridized carbons (Fsp3) is 0.417. The number of carbonyl (C=O) groups excluding carboxylic acids is 1. The molecule has 92 valence electrons. The van der Waals surface area contributed by atoms with Crippen molar-refractivity contribution < 1.29 is 14.3 Å². The molecule has 1 aromatic rings. The monoisotopic (exact) mass is 238 g/mol. The Morgan fingerprint density at radius 2 is 2.29 bits per heavy atom. The van der Waals surface area contributed by atoms with E-state index >= 15 is 0 Å². The third-order valence-electron chi connectivity index (χ3n) is 2.84. The zero-order valence-corrected chi connectivity index (χ0v) is 9.37. The minimum absolute atomic E-state index is 0.158. The lowest BCUT2D eigenvalue weighted by Gasteiger charge is -2.22. The Balaban J connectivity index is 1.99. The average Bonchev–Trinajstić information content (AvgIpc) is 2.35. The molecule has 5 heteroatoms. The lowest BCUT2D eigenvalue weighted by Crippen LogP contribution is -2.43. The van der Waals surface area contributed by atoms with Gasteiger partial charge in [0.15, 0.2) is 11.6 Å². The summed E-state index contributed by atoms with van der Waals surface area (Å²) in [5.74, 6) is -1.31. The average molecular weight is 238 g/mol. The minimum Gasteiger partial charge on any atom is -0.505 e. The number of benzene rings is 1. The molecule has 0 spiro atoms. The number of aromatic hydroxyl groups is 1. The molecule has 1 aromatic carbocycles. The van der Waals surface area contributed by atoms with E-state index in [0.717, 1.165) is 31.9 Å². The van der Waals surface area contributed by atoms with E-state index in [4.69, 9.17) is 5.11 Å². The number of hydrogen-bond donors (Lipinski definition) is 3. The van der Waals surface area contributed by atoms with E-state index in [1.54, 1.807) is 0 Å². The van der Waals surface area contributed by atoms with Gasteiger partial charge in [-0.25, -0.2) is 4.39 Å². The van der Waals surface area contributed by atoms with Gasteiger partial charge < -0.3 is 15.7 Å². The maximum atomic E-state index is 13.1. The summed E-state index contributed by atoms with van der Waals surface area (Å²) in [6, 6.07) is 3.59. The Bertz CT molecular complexity index is 417. The molecular formula is C12H15FN2O2. The van der Waals surface area contributed by atoms with Crippen molar-refractivity contribution in [2.24, 2.45) is 0 Å². The quantitative estimate of drug-likeness (QED) is 0.686. The molecule has 2 rings (SSSR count). The summed E-state index contributed by atoms with van der Waals surface area (Å²) in [5.41, 5.74) is 0.359. The number of nitrogens with one attached hydrogen (secondary N) is 2. The van der Waals surface area contributed by atoms with Crippen LogP contribution in [-0.2, 0) is 4.79 Å². The second kappa shape index (κ2) is 5.14. The lowest BCUT2D eigenvalue weighted by atomic mass is 10.0. The molecule has 1 aliphatic heterocycles. The van der Waals surface area contributed by atoms with Crippen molar-refractivity contribution in [3.63, 3.8) is 0 Å². The molecule has 0 aromatic heterocycles. The Morgan fingerprint density at radius 1 is 1.47 bits per heavy atom. The van der Waals surface area contributed by atoms with Gasteiger partial charge in [0.25, 0.3) is 0 Å². The summed E-state index contributed by atoms with van der Waals surface area (Å²) in [4.78, 5) is 11.8. The maximum Gasteiger partial charge on any atom is 0.241 e. The molecule has 0 bridgehead atoms. The smallest absolute Gasteiger partial charge is 0.241 e. The summed E-state index contributed by atoms with van der Waals surface area (Å²) in [6.45, 7) is 0.835. The van der Waals surface area contributed by atoms with Gasteiger partial charge in [-0.05, 0) is 31.5 Å². The van der Waals surface area contributed by atoms with Crippen LogP contribution in [0.3, 0.4) is 0 Å². The van der Waals surface area contributed by atoms with Crippen LogP contribution in [0.25, 0.3) is 0 Å². The van der Waals surface area contributed by atoms with Crippen molar-refractivity contribution in [2.45, 2.75) is 25.3 Å². The van der Waals surface area contributed by atoms with Crippen LogP contribution in [0.2, 0.25) is 0 Å². The summed E-state index contributed by atoms with van der Waals surface area (Å²) in [7, 11) is 0. The first-order valence-corrected chi connectivity index (χ1v) is 5.69. The number of rotatable bonds is 2. The Morgan fingerprint density at radius 3 is 2.94 bits per heavy atom. The van der Waals surface area contributed by atoms with Crippen molar-refractivity contribution in [1.29, 1.82) is 0 Å². The van der Waals surface area contributed by atoms with Crippen LogP contribution in [0.4, 0.5) is 10.1 Å². The number of hydrogen-bond acceptors (Lipinski definition) is 3. The predicted octanol–water partition coefficient (Wildman–Crippen LogP) is 1.61. The summed E-state index contributed by atoms with van der Waals surface area (Å²) in [6.07, 6.45) is 2.90. The van der Waals surface area contributed by atoms with E-state index in [9.17, 15) is 9.18 Å². The fourth-order valence-corrected chi connectivity index (χ4v) is 1.89. The van der Waals surface area contributed by atoms with Gasteiger partial charge in [0.2, 0.25) is 5.91 Å². The molecule has 1 saturated heterocycles. The van der Waals surface area contributed by atoms with E-state index in [-0.39, 0.29) is 11.9 Å². The molecule has 3 N–H and O–H groups in total. The second-order valence-corrected chi connectivity index (χ2v) is 4.16. The molecule has 1 amide bonds. The summed E-state index contributed by atoms with van der Waals surface area (Å²) >= 11 is 0. The molecule has 17 heavy (non-hydrogen) atoms. The first-order chi connectivity index (χ1) is 8.16. The van der Waals surface area contributed by atoms with Gasteiger partial charge in [-0.3, -0.25) is 4.79 Å².